The van der Waals surface area contributed by atoms with E-state index in [1.54, 1.807) is 102 Å². The third-order valence-electron chi connectivity index (χ3n) is 8.99. The Morgan fingerprint density at radius 3 is 1.52 bits per heavy atom. The minimum Gasteiger partial charge on any atom is -0.444 e. The molecule has 0 saturated carbocycles. The average molecular weight is 787 g/mol. The van der Waals surface area contributed by atoms with Crippen LogP contribution >= 0.6 is 0 Å². The Bertz CT molecular complexity index is 2350. The average Bonchev–Trinajstić information content (AvgIpc) is 3.55. The number of hydrogen-bond donors (Lipinski definition) is 2. The highest BCUT2D eigenvalue weighted by molar-refractivity contribution is 6.37. The molecule has 6 rings (SSSR count). The molecule has 58 heavy (non-hydrogen) atoms. The van der Waals surface area contributed by atoms with Crippen LogP contribution in [0.5, 0.6) is 0 Å². The van der Waals surface area contributed by atoms with Crippen LogP contribution in [0, 0.1) is 11.8 Å². The van der Waals surface area contributed by atoms with Crippen molar-refractivity contribution in [1.29, 1.82) is 0 Å². The van der Waals surface area contributed by atoms with E-state index >= 15 is 0 Å². The molecule has 13 nitrogen and oxygen atoms in total. The molecule has 0 bridgehead atoms. The predicted octanol–water partition coefficient (Wildman–Crippen LogP) is 6.44. The van der Waals surface area contributed by atoms with Crippen LogP contribution in [-0.2, 0) is 25.5 Å². The lowest BCUT2D eigenvalue weighted by molar-refractivity contribution is -0.122. The van der Waals surface area contributed by atoms with Gasteiger partial charge in [-0.2, -0.15) is 0 Å². The van der Waals surface area contributed by atoms with Crippen LogP contribution in [-0.4, -0.2) is 63.9 Å². The van der Waals surface area contributed by atoms with Crippen molar-refractivity contribution < 1.29 is 52.6 Å². The molecule has 3 N–H and O–H groups in total. The Hall–Kier alpha value is -6.89. The highest BCUT2D eigenvalue weighted by atomic mass is 16.6. The number of Topliss-reactive ketones (excluding diaryl/α,β-unsaturated/α-hetero) is 6. The van der Waals surface area contributed by atoms with Crippen LogP contribution in [0.2, 0.25) is 0 Å². The van der Waals surface area contributed by atoms with Crippen LogP contribution in [0.15, 0.2) is 97.1 Å². The fourth-order valence-electron chi connectivity index (χ4n) is 6.54. The number of hydrogen-bond acceptors (Lipinski definition) is 11. The summed E-state index contributed by atoms with van der Waals surface area (Å²) in [5.74, 6) is -8.21. The number of carbonyl (C=O) groups is 9. The molecular weight excluding hydrogens is 744 g/mol. The van der Waals surface area contributed by atoms with Gasteiger partial charge < -0.3 is 20.5 Å². The predicted molar refractivity (Wildman–Crippen MR) is 210 cm³/mol. The smallest absolute Gasteiger partial charge is 0.408 e. The molecule has 3 atom stereocenters. The van der Waals surface area contributed by atoms with Crippen LogP contribution in [0.1, 0.15) is 116 Å². The maximum absolute atomic E-state index is 13.9. The normalized spacial score (nSPS) is 16.3. The molecule has 2 aliphatic carbocycles. The van der Waals surface area contributed by atoms with Gasteiger partial charge in [0.05, 0.1) is 0 Å². The van der Waals surface area contributed by atoms with Crippen molar-refractivity contribution >= 4 is 52.7 Å². The quantitative estimate of drug-likeness (QED) is 0.139. The summed E-state index contributed by atoms with van der Waals surface area (Å²) in [6, 6.07) is 23.3. The van der Waals surface area contributed by atoms with Crippen molar-refractivity contribution in [1.82, 2.24) is 5.32 Å². The lowest BCUT2D eigenvalue weighted by Crippen LogP contribution is -2.42. The van der Waals surface area contributed by atoms with Gasteiger partial charge in [0.15, 0.2) is 40.5 Å². The second-order valence-corrected chi connectivity index (χ2v) is 15.7. The number of benzene rings is 4. The van der Waals surface area contributed by atoms with E-state index in [0.717, 1.165) is 0 Å². The molecule has 0 heterocycles. The second kappa shape index (κ2) is 16.7. The van der Waals surface area contributed by atoms with Gasteiger partial charge in [-0.15, -0.1) is 0 Å². The van der Waals surface area contributed by atoms with E-state index in [4.69, 9.17) is 10.5 Å². The zero-order chi connectivity index (χ0) is 42.7. The van der Waals surface area contributed by atoms with Gasteiger partial charge in [0.1, 0.15) is 29.1 Å². The molecule has 298 valence electrons. The standard InChI is InChI=1S/C40H31NO9.C5H11NO2/c1-40(2,3)50-39(49)41-32(22-12-8-5-9-13-22)38(48)31-35(45)26-17-15-24(20-28(26)37(31)47)33(43)23-14-16-25-27(19-23)36(46)30(34(25)44)29(42)18-21-10-6-4-7-11-21;1-5(2,3)8-4(6)7/h4-17,19-20,30-32H,18H2,1-3H3,(H,41,49);1-3H3,(H2,6,7). The molecule has 0 saturated heterocycles. The Morgan fingerprint density at radius 2 is 1.05 bits per heavy atom. The van der Waals surface area contributed by atoms with Gasteiger partial charge in [-0.25, -0.2) is 9.59 Å². The molecule has 0 aliphatic heterocycles. The summed E-state index contributed by atoms with van der Waals surface area (Å²) in [4.78, 5) is 117. The molecule has 4 aromatic rings. The summed E-state index contributed by atoms with van der Waals surface area (Å²) < 4.78 is 9.89. The van der Waals surface area contributed by atoms with E-state index in [-0.39, 0.29) is 39.8 Å². The van der Waals surface area contributed by atoms with Gasteiger partial charge >= 0.3 is 12.2 Å². The van der Waals surface area contributed by atoms with Crippen LogP contribution in [0.4, 0.5) is 9.59 Å². The van der Waals surface area contributed by atoms with Crippen molar-refractivity contribution in [2.45, 2.75) is 65.2 Å². The highest BCUT2D eigenvalue weighted by Crippen LogP contribution is 2.34. The van der Waals surface area contributed by atoms with E-state index in [1.807, 2.05) is 0 Å². The lowest BCUT2D eigenvalue weighted by atomic mass is 9.89. The first-order valence-electron chi connectivity index (χ1n) is 18.3. The number of amides is 2. The largest absolute Gasteiger partial charge is 0.444 e. The SMILES string of the molecule is CC(C)(C)OC(=O)NC(C(=O)C1C(=O)c2ccc(C(=O)c3ccc4c(c3)C(=O)C(C(=O)Cc3ccccc3)C4=O)cc2C1=O)c1ccccc1.CC(C)(C)OC(N)=O. The first kappa shape index (κ1) is 42.3. The van der Waals surface area contributed by atoms with Gasteiger partial charge in [0.25, 0.3) is 0 Å². The van der Waals surface area contributed by atoms with Gasteiger partial charge in [0.2, 0.25) is 0 Å². The van der Waals surface area contributed by atoms with Crippen molar-refractivity contribution in [3.05, 3.63) is 142 Å². The number of alkyl carbamates (subject to hydrolysis) is 1. The minimum atomic E-state index is -1.77. The molecule has 4 aromatic carbocycles. The third-order valence-corrected chi connectivity index (χ3v) is 8.99. The van der Waals surface area contributed by atoms with E-state index in [9.17, 15) is 43.2 Å². The molecule has 0 fully saturated rings. The number of ketones is 7. The summed E-state index contributed by atoms with van der Waals surface area (Å²) >= 11 is 0. The van der Waals surface area contributed by atoms with Crippen molar-refractivity contribution in [2.75, 3.05) is 0 Å². The van der Waals surface area contributed by atoms with E-state index in [0.29, 0.717) is 11.1 Å². The Kier molecular flexibility index (Phi) is 12.2. The Labute approximate surface area is 334 Å². The Morgan fingerprint density at radius 1 is 0.603 bits per heavy atom. The minimum absolute atomic E-state index is 0.00193. The lowest BCUT2D eigenvalue weighted by Gasteiger charge is -2.24. The molecule has 13 heteroatoms. The second-order valence-electron chi connectivity index (χ2n) is 15.7. The summed E-state index contributed by atoms with van der Waals surface area (Å²) in [5.41, 5.74) is 4.21. The molecule has 0 aromatic heterocycles. The maximum atomic E-state index is 13.9. The summed E-state index contributed by atoms with van der Waals surface area (Å²) in [5, 5.41) is 2.49. The molecule has 3 unspecified atom stereocenters. The van der Waals surface area contributed by atoms with Crippen LogP contribution in [0.25, 0.3) is 0 Å². The molecule has 2 aliphatic rings. The summed E-state index contributed by atoms with van der Waals surface area (Å²) in [7, 11) is 0. The number of primary amides is 1. The monoisotopic (exact) mass is 786 g/mol. The van der Waals surface area contributed by atoms with Crippen molar-refractivity contribution in [2.24, 2.45) is 17.6 Å². The van der Waals surface area contributed by atoms with Crippen molar-refractivity contribution in [3.8, 4) is 0 Å². The van der Waals surface area contributed by atoms with E-state index < -0.39 is 81.7 Å². The van der Waals surface area contributed by atoms with Crippen LogP contribution < -0.4 is 11.1 Å². The number of rotatable bonds is 9. The zero-order valence-corrected chi connectivity index (χ0v) is 32.7. The van der Waals surface area contributed by atoms with E-state index in [1.165, 1.54) is 36.4 Å². The number of ether oxygens (including phenoxy) is 2. The van der Waals surface area contributed by atoms with Gasteiger partial charge in [-0.05, 0) is 76.9 Å². The highest BCUT2D eigenvalue weighted by Gasteiger charge is 2.47. The van der Waals surface area contributed by atoms with Gasteiger partial charge in [0, 0.05) is 39.8 Å². The van der Waals surface area contributed by atoms with E-state index in [2.05, 4.69) is 10.1 Å². The van der Waals surface area contributed by atoms with Crippen LogP contribution in [0.3, 0.4) is 0 Å². The number of nitrogens with two attached hydrogens (primary N) is 1. The fraction of sp³-hybridized carbons (Fsp3) is 0.267. The third kappa shape index (κ3) is 9.55. The number of fused-ring (bicyclic) bond motifs is 2. The molecular formula is C45H42N2O11. The van der Waals surface area contributed by atoms with Gasteiger partial charge in [-0.1, -0.05) is 72.8 Å². The summed E-state index contributed by atoms with van der Waals surface area (Å²) in [6.45, 7) is 10.2. The molecule has 2 amide bonds. The maximum Gasteiger partial charge on any atom is 0.408 e. The first-order valence-corrected chi connectivity index (χ1v) is 18.3. The fourth-order valence-corrected chi connectivity index (χ4v) is 6.54. The topological polar surface area (TPSA) is 210 Å². The number of carbonyl (C=O) groups excluding carboxylic acids is 9. The molecule has 0 radical (unpaired) electrons. The summed E-state index contributed by atoms with van der Waals surface area (Å²) in [6.07, 6.45) is -1.74. The van der Waals surface area contributed by atoms with Crippen molar-refractivity contribution in [3.63, 3.8) is 0 Å². The van der Waals surface area contributed by atoms with Gasteiger partial charge in [-0.3, -0.25) is 33.6 Å². The zero-order valence-electron chi connectivity index (χ0n) is 32.7. The molecule has 0 spiro atoms. The first-order chi connectivity index (χ1) is 27.2. The Balaban J connectivity index is 0.000000725. The number of nitrogens with one attached hydrogen (secondary N) is 1.